The van der Waals surface area contributed by atoms with Gasteiger partial charge in [-0.2, -0.15) is 0 Å². The second-order valence-corrected chi connectivity index (χ2v) is 8.46. The predicted molar refractivity (Wildman–Crippen MR) is 129 cm³/mol. The van der Waals surface area contributed by atoms with E-state index in [1.54, 1.807) is 0 Å². The van der Waals surface area contributed by atoms with Crippen molar-refractivity contribution in [2.45, 2.75) is 20.3 Å². The van der Waals surface area contributed by atoms with Crippen LogP contribution >= 0.6 is 0 Å². The summed E-state index contributed by atoms with van der Waals surface area (Å²) in [5.74, 6) is 0. The standard InChI is InChI=1S/C29H24NO/c1-4-19-9-10-24-22(15-19)13-14-30(3)28(24)23-11-12-25-26-16-20-7-5-6-8-21(20)17-27(26)31-29(25)18(23)2/h5-17H,4H2,1-3H3/q+1. The molecule has 0 atom stereocenters. The van der Waals surface area contributed by atoms with E-state index in [0.29, 0.717) is 0 Å². The Bertz CT molecular complexity index is 1640. The van der Waals surface area contributed by atoms with Crippen LogP contribution in [0.4, 0.5) is 0 Å². The summed E-state index contributed by atoms with van der Waals surface area (Å²) >= 11 is 0. The molecule has 0 saturated carbocycles. The van der Waals surface area contributed by atoms with Crippen molar-refractivity contribution in [1.29, 1.82) is 0 Å². The number of furan rings is 1. The number of aromatic nitrogens is 1. The van der Waals surface area contributed by atoms with E-state index in [-0.39, 0.29) is 0 Å². The van der Waals surface area contributed by atoms with Gasteiger partial charge in [0.25, 0.3) is 0 Å². The molecule has 150 valence electrons. The Morgan fingerprint density at radius 2 is 1.55 bits per heavy atom. The fourth-order valence-electron chi connectivity index (χ4n) is 4.89. The van der Waals surface area contributed by atoms with E-state index < -0.39 is 0 Å². The minimum atomic E-state index is 0.948. The maximum atomic E-state index is 6.43. The largest absolute Gasteiger partial charge is 0.456 e. The van der Waals surface area contributed by atoms with Gasteiger partial charge in [0, 0.05) is 22.4 Å². The number of nitrogens with zero attached hydrogens (tertiary/aromatic N) is 1. The monoisotopic (exact) mass is 402 g/mol. The highest BCUT2D eigenvalue weighted by Crippen LogP contribution is 2.38. The summed E-state index contributed by atoms with van der Waals surface area (Å²) in [6, 6.07) is 26.4. The zero-order valence-electron chi connectivity index (χ0n) is 18.1. The number of fused-ring (bicyclic) bond motifs is 5. The average Bonchev–Trinajstić information content (AvgIpc) is 3.16. The third-order valence-electron chi connectivity index (χ3n) is 6.62. The number of aryl methyl sites for hydroxylation is 3. The van der Waals surface area contributed by atoms with Crippen molar-refractivity contribution in [3.63, 3.8) is 0 Å². The Kier molecular flexibility index (Phi) is 3.91. The maximum absolute atomic E-state index is 6.43. The predicted octanol–water partition coefficient (Wildman–Crippen LogP) is 7.25. The van der Waals surface area contributed by atoms with Gasteiger partial charge < -0.3 is 4.42 Å². The molecule has 0 saturated heterocycles. The van der Waals surface area contributed by atoms with Gasteiger partial charge in [-0.15, -0.1) is 0 Å². The van der Waals surface area contributed by atoms with Crippen molar-refractivity contribution in [2.75, 3.05) is 0 Å². The van der Waals surface area contributed by atoms with Crippen molar-refractivity contribution in [2.24, 2.45) is 7.05 Å². The highest BCUT2D eigenvalue weighted by atomic mass is 16.3. The van der Waals surface area contributed by atoms with Crippen LogP contribution in [0.15, 0.2) is 83.4 Å². The second-order valence-electron chi connectivity index (χ2n) is 8.46. The van der Waals surface area contributed by atoms with E-state index in [2.05, 4.69) is 104 Å². The first-order chi connectivity index (χ1) is 15.1. The zero-order chi connectivity index (χ0) is 21.1. The highest BCUT2D eigenvalue weighted by Gasteiger charge is 2.21. The third kappa shape index (κ3) is 2.68. The lowest BCUT2D eigenvalue weighted by Gasteiger charge is -2.09. The van der Waals surface area contributed by atoms with Gasteiger partial charge >= 0.3 is 0 Å². The second kappa shape index (κ2) is 6.68. The third-order valence-corrected chi connectivity index (χ3v) is 6.62. The van der Waals surface area contributed by atoms with Crippen LogP contribution < -0.4 is 4.57 Å². The molecule has 0 spiro atoms. The van der Waals surface area contributed by atoms with Gasteiger partial charge in [-0.3, -0.25) is 0 Å². The molecule has 0 bridgehead atoms. The molecule has 0 aliphatic rings. The lowest BCUT2D eigenvalue weighted by molar-refractivity contribution is -0.659. The van der Waals surface area contributed by atoms with Gasteiger partial charge in [0.2, 0.25) is 5.69 Å². The summed E-state index contributed by atoms with van der Waals surface area (Å²) in [6.45, 7) is 4.38. The van der Waals surface area contributed by atoms with E-state index in [1.165, 1.54) is 54.7 Å². The van der Waals surface area contributed by atoms with Gasteiger partial charge in [0.05, 0.1) is 10.9 Å². The number of benzene rings is 4. The molecule has 4 aromatic carbocycles. The molecule has 0 N–H and O–H groups in total. The van der Waals surface area contributed by atoms with Crippen molar-refractivity contribution in [1.82, 2.24) is 0 Å². The molecule has 6 aromatic rings. The molecule has 0 unspecified atom stereocenters. The van der Waals surface area contributed by atoms with Crippen LogP contribution in [-0.2, 0) is 13.5 Å². The van der Waals surface area contributed by atoms with Crippen molar-refractivity contribution >= 4 is 43.5 Å². The number of pyridine rings is 1. The fourth-order valence-corrected chi connectivity index (χ4v) is 4.89. The maximum Gasteiger partial charge on any atom is 0.220 e. The molecule has 2 heteroatoms. The molecular weight excluding hydrogens is 378 g/mol. The van der Waals surface area contributed by atoms with Gasteiger partial charge in [-0.25, -0.2) is 4.57 Å². The Balaban J connectivity index is 1.65. The first kappa shape index (κ1) is 18.1. The van der Waals surface area contributed by atoms with Crippen LogP contribution in [0.25, 0.3) is 54.7 Å². The van der Waals surface area contributed by atoms with Gasteiger partial charge in [-0.05, 0) is 65.4 Å². The normalized spacial score (nSPS) is 11.8. The van der Waals surface area contributed by atoms with Crippen LogP contribution in [-0.4, -0.2) is 0 Å². The number of rotatable bonds is 2. The number of hydrogen-bond acceptors (Lipinski definition) is 1. The van der Waals surface area contributed by atoms with Gasteiger partial charge in [0.1, 0.15) is 18.2 Å². The molecular formula is C29H24NO+. The summed E-state index contributed by atoms with van der Waals surface area (Å²) in [7, 11) is 2.12. The molecule has 0 fully saturated rings. The van der Waals surface area contributed by atoms with Crippen molar-refractivity contribution in [3.8, 4) is 11.3 Å². The van der Waals surface area contributed by atoms with Crippen molar-refractivity contribution < 1.29 is 8.98 Å². The zero-order valence-corrected chi connectivity index (χ0v) is 18.1. The van der Waals surface area contributed by atoms with Crippen LogP contribution in [0.2, 0.25) is 0 Å². The minimum absolute atomic E-state index is 0.948. The van der Waals surface area contributed by atoms with E-state index in [0.717, 1.165) is 17.6 Å². The molecule has 0 aliphatic heterocycles. The summed E-state index contributed by atoms with van der Waals surface area (Å²) < 4.78 is 8.65. The molecule has 0 amide bonds. The molecule has 2 nitrogen and oxygen atoms in total. The summed E-state index contributed by atoms with van der Waals surface area (Å²) in [4.78, 5) is 0. The summed E-state index contributed by atoms with van der Waals surface area (Å²) in [6.07, 6.45) is 3.21. The van der Waals surface area contributed by atoms with E-state index in [4.69, 9.17) is 4.42 Å². The van der Waals surface area contributed by atoms with E-state index >= 15 is 0 Å². The molecule has 2 aromatic heterocycles. The molecule has 0 aliphatic carbocycles. The van der Waals surface area contributed by atoms with Crippen molar-refractivity contribution in [3.05, 3.63) is 90.1 Å². The van der Waals surface area contributed by atoms with E-state index in [1.807, 2.05) is 0 Å². The lowest BCUT2D eigenvalue weighted by atomic mass is 9.96. The van der Waals surface area contributed by atoms with Crippen LogP contribution in [0, 0.1) is 6.92 Å². The first-order valence-electron chi connectivity index (χ1n) is 10.9. The average molecular weight is 403 g/mol. The quantitative estimate of drug-likeness (QED) is 0.279. The lowest BCUT2D eigenvalue weighted by Crippen LogP contribution is -2.30. The van der Waals surface area contributed by atoms with Crippen LogP contribution in [0.3, 0.4) is 0 Å². The Morgan fingerprint density at radius 1 is 0.774 bits per heavy atom. The Labute approximate surface area is 181 Å². The Hall–Kier alpha value is -3.65. The van der Waals surface area contributed by atoms with Crippen LogP contribution in [0.5, 0.6) is 0 Å². The molecule has 0 radical (unpaired) electrons. The molecule has 31 heavy (non-hydrogen) atoms. The highest BCUT2D eigenvalue weighted by molar-refractivity contribution is 6.12. The van der Waals surface area contributed by atoms with Gasteiger partial charge in [-0.1, -0.05) is 43.3 Å². The summed E-state index contributed by atoms with van der Waals surface area (Å²) in [5.41, 5.74) is 6.91. The SMILES string of the molecule is CCc1ccc2c(-c3ccc4c(oc5cc6ccccc6cc54)c3C)[n+](C)ccc2c1. The summed E-state index contributed by atoms with van der Waals surface area (Å²) in [5, 5.41) is 7.36. The molecule has 6 rings (SSSR count). The topological polar surface area (TPSA) is 17.0 Å². The molecule has 2 heterocycles. The Morgan fingerprint density at radius 3 is 2.35 bits per heavy atom. The first-order valence-corrected chi connectivity index (χ1v) is 10.9. The van der Waals surface area contributed by atoms with E-state index in [9.17, 15) is 0 Å². The smallest absolute Gasteiger partial charge is 0.220 e. The van der Waals surface area contributed by atoms with Crippen LogP contribution in [0.1, 0.15) is 18.1 Å². The van der Waals surface area contributed by atoms with Gasteiger partial charge in [0.15, 0.2) is 6.20 Å². The number of hydrogen-bond donors (Lipinski definition) is 0. The minimum Gasteiger partial charge on any atom is -0.456 e. The fraction of sp³-hybridized carbons (Fsp3) is 0.138.